The summed E-state index contributed by atoms with van der Waals surface area (Å²) in [5.74, 6) is 0.608. The number of carbonyl (C=O) groups is 1. The van der Waals surface area contributed by atoms with E-state index in [0.717, 1.165) is 12.0 Å². The van der Waals surface area contributed by atoms with Crippen molar-refractivity contribution in [2.45, 2.75) is 31.1 Å². The molecule has 1 atom stereocenters. The minimum Gasteiger partial charge on any atom is -0.351 e. The van der Waals surface area contributed by atoms with Crippen LogP contribution in [0.25, 0.3) is 0 Å². The Kier molecular flexibility index (Phi) is 5.11. The van der Waals surface area contributed by atoms with Crippen LogP contribution in [0.4, 0.5) is 0 Å². The number of aryl methyl sites for hydroxylation is 1. The molecule has 1 heterocycles. The van der Waals surface area contributed by atoms with Crippen molar-refractivity contribution in [1.82, 2.24) is 10.3 Å². The highest BCUT2D eigenvalue weighted by Gasteiger charge is 2.20. The summed E-state index contributed by atoms with van der Waals surface area (Å²) in [7, 11) is 0. The Morgan fingerprint density at radius 3 is 3.05 bits per heavy atom. The Hall–Kier alpha value is -1.81. The zero-order valence-electron chi connectivity index (χ0n) is 12.5. The highest BCUT2D eigenvalue weighted by atomic mass is 32.2. The molecule has 0 radical (unpaired) electrons. The van der Waals surface area contributed by atoms with E-state index in [-0.39, 0.29) is 5.91 Å². The second-order valence-corrected chi connectivity index (χ2v) is 6.72. The van der Waals surface area contributed by atoms with Gasteiger partial charge >= 0.3 is 0 Å². The zero-order valence-corrected chi connectivity index (χ0v) is 13.3. The van der Waals surface area contributed by atoms with Crippen molar-refractivity contribution < 1.29 is 4.79 Å². The molecule has 1 aromatic carbocycles. The maximum absolute atomic E-state index is 12.0. The molecule has 3 nitrogen and oxygen atoms in total. The van der Waals surface area contributed by atoms with E-state index in [1.165, 1.54) is 24.0 Å². The maximum Gasteiger partial charge on any atom is 0.230 e. The molecule has 0 fully saturated rings. The topological polar surface area (TPSA) is 42.0 Å². The van der Waals surface area contributed by atoms with E-state index in [1.54, 1.807) is 24.2 Å². The molecule has 1 aromatic heterocycles. The van der Waals surface area contributed by atoms with E-state index in [4.69, 9.17) is 0 Å². The fraction of sp³-hybridized carbons (Fsp3) is 0.333. The van der Waals surface area contributed by atoms with E-state index < -0.39 is 0 Å². The van der Waals surface area contributed by atoms with Gasteiger partial charge in [0.25, 0.3) is 0 Å². The summed E-state index contributed by atoms with van der Waals surface area (Å²) in [4.78, 5) is 16.1. The number of hydrogen-bond donors (Lipinski definition) is 1. The third-order valence-electron chi connectivity index (χ3n) is 3.94. The molecule has 4 heteroatoms. The average molecular weight is 312 g/mol. The predicted molar refractivity (Wildman–Crippen MR) is 90.7 cm³/mol. The van der Waals surface area contributed by atoms with Crippen molar-refractivity contribution in [3.05, 3.63) is 65.5 Å². The molecule has 1 aliphatic carbocycles. The van der Waals surface area contributed by atoms with Gasteiger partial charge in [-0.25, -0.2) is 0 Å². The molecule has 0 unspecified atom stereocenters. The highest BCUT2D eigenvalue weighted by molar-refractivity contribution is 8.00. The Morgan fingerprint density at radius 2 is 2.18 bits per heavy atom. The van der Waals surface area contributed by atoms with Crippen molar-refractivity contribution in [1.29, 1.82) is 0 Å². The maximum atomic E-state index is 12.0. The summed E-state index contributed by atoms with van der Waals surface area (Å²) in [5, 5.41) is 3.42. The SMILES string of the molecule is O=C(CS[C@@H]1CCCc2ccccc21)NCc1cccnc1. The molecule has 2 aromatic rings. The first-order valence-corrected chi connectivity index (χ1v) is 8.73. The first-order chi connectivity index (χ1) is 10.8. The normalized spacial score (nSPS) is 16.8. The second kappa shape index (κ2) is 7.45. The first-order valence-electron chi connectivity index (χ1n) is 7.68. The molecule has 0 saturated carbocycles. The van der Waals surface area contributed by atoms with E-state index in [1.807, 2.05) is 12.1 Å². The highest BCUT2D eigenvalue weighted by Crippen LogP contribution is 2.39. The van der Waals surface area contributed by atoms with Gasteiger partial charge in [0, 0.05) is 24.2 Å². The van der Waals surface area contributed by atoms with Gasteiger partial charge in [0.1, 0.15) is 0 Å². The number of aromatic nitrogens is 1. The molecular weight excluding hydrogens is 292 g/mol. The monoisotopic (exact) mass is 312 g/mol. The largest absolute Gasteiger partial charge is 0.351 e. The quantitative estimate of drug-likeness (QED) is 0.918. The van der Waals surface area contributed by atoms with Gasteiger partial charge in [-0.15, -0.1) is 11.8 Å². The third-order valence-corrected chi connectivity index (χ3v) is 5.26. The fourth-order valence-corrected chi connectivity index (χ4v) is 4.01. The van der Waals surface area contributed by atoms with Crippen molar-refractivity contribution in [3.63, 3.8) is 0 Å². The molecule has 1 aliphatic rings. The minimum absolute atomic E-state index is 0.0944. The summed E-state index contributed by atoms with van der Waals surface area (Å²) in [6.07, 6.45) is 7.07. The van der Waals surface area contributed by atoms with Gasteiger partial charge in [-0.3, -0.25) is 9.78 Å². The van der Waals surface area contributed by atoms with E-state index in [2.05, 4.69) is 34.6 Å². The molecule has 0 saturated heterocycles. The summed E-state index contributed by atoms with van der Waals surface area (Å²) < 4.78 is 0. The van der Waals surface area contributed by atoms with Gasteiger partial charge in [-0.2, -0.15) is 0 Å². The molecule has 0 spiro atoms. The van der Waals surface area contributed by atoms with Crippen LogP contribution in [0.2, 0.25) is 0 Å². The number of thioether (sulfide) groups is 1. The molecule has 3 rings (SSSR count). The molecule has 1 N–H and O–H groups in total. The fourth-order valence-electron chi connectivity index (χ4n) is 2.81. The van der Waals surface area contributed by atoms with Crippen LogP contribution in [0.15, 0.2) is 48.8 Å². The summed E-state index contributed by atoms with van der Waals surface area (Å²) >= 11 is 1.76. The molecule has 22 heavy (non-hydrogen) atoms. The van der Waals surface area contributed by atoms with Gasteiger partial charge < -0.3 is 5.32 Å². The number of amides is 1. The van der Waals surface area contributed by atoms with Crippen molar-refractivity contribution in [3.8, 4) is 0 Å². The number of nitrogens with zero attached hydrogens (tertiary/aromatic N) is 1. The van der Waals surface area contributed by atoms with Crippen LogP contribution in [0.1, 0.15) is 34.8 Å². The van der Waals surface area contributed by atoms with Gasteiger partial charge in [-0.1, -0.05) is 30.3 Å². The minimum atomic E-state index is 0.0944. The third kappa shape index (κ3) is 3.89. The van der Waals surface area contributed by atoms with Gasteiger partial charge in [0.05, 0.1) is 5.75 Å². The number of fused-ring (bicyclic) bond motifs is 1. The number of hydrogen-bond acceptors (Lipinski definition) is 3. The molecule has 0 aliphatic heterocycles. The Labute approximate surface area is 135 Å². The van der Waals surface area contributed by atoms with Crippen LogP contribution in [0, 0.1) is 0 Å². The molecule has 1 amide bonds. The first kappa shape index (κ1) is 15.1. The summed E-state index contributed by atoms with van der Waals surface area (Å²) in [6, 6.07) is 12.5. The van der Waals surface area contributed by atoms with Gasteiger partial charge in [-0.05, 0) is 42.0 Å². The smallest absolute Gasteiger partial charge is 0.230 e. The standard InChI is InChI=1S/C18H20N2OS/c21-18(20-12-14-5-4-10-19-11-14)13-22-17-9-3-7-15-6-1-2-8-16(15)17/h1-2,4-6,8,10-11,17H,3,7,9,12-13H2,(H,20,21)/t17-/m1/s1. The predicted octanol–water partition coefficient (Wildman–Crippen LogP) is 3.51. The van der Waals surface area contributed by atoms with Crippen LogP contribution in [0.5, 0.6) is 0 Å². The second-order valence-electron chi connectivity index (χ2n) is 5.53. The Balaban J connectivity index is 1.50. The lowest BCUT2D eigenvalue weighted by Crippen LogP contribution is -2.25. The molecular formula is C18H20N2OS. The molecule has 114 valence electrons. The Morgan fingerprint density at radius 1 is 1.27 bits per heavy atom. The molecule has 0 bridgehead atoms. The zero-order chi connectivity index (χ0) is 15.2. The van der Waals surface area contributed by atoms with Gasteiger partial charge in [0.2, 0.25) is 5.91 Å². The van der Waals surface area contributed by atoms with Crippen molar-refractivity contribution in [2.75, 3.05) is 5.75 Å². The van der Waals surface area contributed by atoms with Crippen LogP contribution >= 0.6 is 11.8 Å². The van der Waals surface area contributed by atoms with E-state index in [9.17, 15) is 4.79 Å². The average Bonchev–Trinajstić information content (AvgIpc) is 2.59. The number of nitrogens with one attached hydrogen (secondary N) is 1. The lowest BCUT2D eigenvalue weighted by molar-refractivity contribution is -0.118. The Bertz CT molecular complexity index is 630. The van der Waals surface area contributed by atoms with Crippen LogP contribution in [-0.2, 0) is 17.8 Å². The van der Waals surface area contributed by atoms with Crippen LogP contribution in [0.3, 0.4) is 0 Å². The lowest BCUT2D eigenvalue weighted by atomic mass is 9.91. The number of carbonyl (C=O) groups excluding carboxylic acids is 1. The van der Waals surface area contributed by atoms with Crippen LogP contribution < -0.4 is 5.32 Å². The summed E-state index contributed by atoms with van der Waals surface area (Å²) in [6.45, 7) is 0.550. The lowest BCUT2D eigenvalue weighted by Gasteiger charge is -2.24. The number of rotatable bonds is 5. The number of pyridine rings is 1. The number of benzene rings is 1. The summed E-state index contributed by atoms with van der Waals surface area (Å²) in [5.41, 5.74) is 3.89. The van der Waals surface area contributed by atoms with Crippen molar-refractivity contribution >= 4 is 17.7 Å². The van der Waals surface area contributed by atoms with E-state index >= 15 is 0 Å². The van der Waals surface area contributed by atoms with Crippen LogP contribution in [-0.4, -0.2) is 16.6 Å². The van der Waals surface area contributed by atoms with E-state index in [0.29, 0.717) is 17.5 Å². The van der Waals surface area contributed by atoms with Crippen molar-refractivity contribution in [2.24, 2.45) is 0 Å². The van der Waals surface area contributed by atoms with Gasteiger partial charge in [0.15, 0.2) is 0 Å².